The van der Waals surface area contributed by atoms with E-state index in [1.54, 1.807) is 0 Å². The van der Waals surface area contributed by atoms with Gasteiger partial charge in [-0.25, -0.2) is 0 Å². The molecule has 0 radical (unpaired) electrons. The van der Waals surface area contributed by atoms with Crippen LogP contribution in [0, 0.1) is 6.92 Å². The average Bonchev–Trinajstić information content (AvgIpc) is 2.56. The molecule has 0 aliphatic carbocycles. The van der Waals surface area contributed by atoms with Crippen molar-refractivity contribution in [2.75, 3.05) is 20.6 Å². The van der Waals surface area contributed by atoms with E-state index in [-0.39, 0.29) is 11.9 Å². The lowest BCUT2D eigenvalue weighted by Gasteiger charge is -2.23. The third kappa shape index (κ3) is 6.17. The molecule has 2 aromatic carbocycles. The molecule has 0 aliphatic heterocycles. The van der Waals surface area contributed by atoms with E-state index in [4.69, 9.17) is 0 Å². The molecule has 3 heteroatoms. The van der Waals surface area contributed by atoms with E-state index in [0.29, 0.717) is 6.42 Å². The van der Waals surface area contributed by atoms with Gasteiger partial charge in [0.05, 0.1) is 6.04 Å². The predicted octanol–water partition coefficient (Wildman–Crippen LogP) is 3.74. The van der Waals surface area contributed by atoms with Crippen molar-refractivity contribution < 1.29 is 4.79 Å². The van der Waals surface area contributed by atoms with Crippen LogP contribution in [-0.2, 0) is 11.2 Å². The lowest BCUT2D eigenvalue weighted by molar-refractivity contribution is -0.122. The van der Waals surface area contributed by atoms with Gasteiger partial charge in [-0.2, -0.15) is 0 Å². The van der Waals surface area contributed by atoms with Crippen molar-refractivity contribution in [2.45, 2.75) is 32.2 Å². The summed E-state index contributed by atoms with van der Waals surface area (Å²) in [6.45, 7) is 2.89. The number of aryl methyl sites for hydroxylation is 2. The second-order valence-electron chi connectivity index (χ2n) is 6.63. The number of nitrogens with zero attached hydrogens (tertiary/aromatic N) is 1. The van der Waals surface area contributed by atoms with Crippen LogP contribution in [0.4, 0.5) is 0 Å². The SMILES string of the molecule is Cc1ccc(CCCC(=O)NC(CN(C)C)c2ccccc2)cc1. The molecule has 0 heterocycles. The highest BCUT2D eigenvalue weighted by Crippen LogP contribution is 2.14. The molecule has 1 amide bonds. The number of carbonyl (C=O) groups excluding carboxylic acids is 1. The first kappa shape index (κ1) is 18.2. The molecule has 1 atom stereocenters. The number of likely N-dealkylation sites (N-methyl/N-ethyl adjacent to an activating group) is 1. The molecule has 128 valence electrons. The first-order valence-electron chi connectivity index (χ1n) is 8.59. The Labute approximate surface area is 145 Å². The van der Waals surface area contributed by atoms with Crippen LogP contribution in [0.5, 0.6) is 0 Å². The Balaban J connectivity index is 1.85. The molecule has 2 rings (SSSR count). The van der Waals surface area contributed by atoms with Crippen LogP contribution in [0.25, 0.3) is 0 Å². The van der Waals surface area contributed by atoms with E-state index < -0.39 is 0 Å². The first-order chi connectivity index (χ1) is 11.5. The molecule has 1 unspecified atom stereocenters. The molecular formula is C21H28N2O. The van der Waals surface area contributed by atoms with Crippen molar-refractivity contribution in [1.82, 2.24) is 10.2 Å². The van der Waals surface area contributed by atoms with Gasteiger partial charge in [-0.15, -0.1) is 0 Å². The molecule has 0 saturated heterocycles. The Bertz CT molecular complexity index is 620. The zero-order valence-corrected chi connectivity index (χ0v) is 15.0. The van der Waals surface area contributed by atoms with E-state index in [2.05, 4.69) is 53.5 Å². The maximum Gasteiger partial charge on any atom is 0.220 e. The summed E-state index contributed by atoms with van der Waals surface area (Å²) in [5.74, 6) is 0.123. The summed E-state index contributed by atoms with van der Waals surface area (Å²) in [5, 5.41) is 3.18. The Hall–Kier alpha value is -2.13. The van der Waals surface area contributed by atoms with Crippen LogP contribution in [0.1, 0.15) is 35.6 Å². The van der Waals surface area contributed by atoms with Crippen molar-refractivity contribution in [2.24, 2.45) is 0 Å². The van der Waals surface area contributed by atoms with Gasteiger partial charge in [-0.1, -0.05) is 60.2 Å². The molecule has 24 heavy (non-hydrogen) atoms. The van der Waals surface area contributed by atoms with Gasteiger partial charge in [-0.3, -0.25) is 4.79 Å². The number of amides is 1. The van der Waals surface area contributed by atoms with Gasteiger partial charge in [0.25, 0.3) is 0 Å². The second-order valence-corrected chi connectivity index (χ2v) is 6.63. The Kier molecular flexibility index (Phi) is 7.01. The molecule has 0 aliphatic rings. The van der Waals surface area contributed by atoms with Crippen LogP contribution in [0.3, 0.4) is 0 Å². The third-order valence-electron chi connectivity index (χ3n) is 4.07. The smallest absolute Gasteiger partial charge is 0.220 e. The van der Waals surface area contributed by atoms with Crippen LogP contribution >= 0.6 is 0 Å². The Morgan fingerprint density at radius 3 is 2.33 bits per heavy atom. The summed E-state index contributed by atoms with van der Waals surface area (Å²) in [6, 6.07) is 18.7. The normalized spacial score (nSPS) is 12.2. The summed E-state index contributed by atoms with van der Waals surface area (Å²) in [5.41, 5.74) is 3.71. The predicted molar refractivity (Wildman–Crippen MR) is 100.0 cm³/mol. The number of rotatable bonds is 8. The molecule has 2 aromatic rings. The lowest BCUT2D eigenvalue weighted by atomic mass is 10.0. The van der Waals surface area contributed by atoms with Crippen LogP contribution in [-0.4, -0.2) is 31.4 Å². The Morgan fingerprint density at radius 1 is 1.04 bits per heavy atom. The minimum absolute atomic E-state index is 0.0353. The van der Waals surface area contributed by atoms with Gasteiger partial charge < -0.3 is 10.2 Å². The molecule has 1 N–H and O–H groups in total. The summed E-state index contributed by atoms with van der Waals surface area (Å²) in [7, 11) is 4.05. The maximum atomic E-state index is 12.3. The zero-order valence-electron chi connectivity index (χ0n) is 15.0. The number of hydrogen-bond acceptors (Lipinski definition) is 2. The van der Waals surface area contributed by atoms with Crippen molar-refractivity contribution in [3.05, 3.63) is 71.3 Å². The number of benzene rings is 2. The van der Waals surface area contributed by atoms with Crippen molar-refractivity contribution >= 4 is 5.91 Å². The second kappa shape index (κ2) is 9.24. The number of hydrogen-bond donors (Lipinski definition) is 1. The molecular weight excluding hydrogens is 296 g/mol. The van der Waals surface area contributed by atoms with E-state index in [1.807, 2.05) is 32.3 Å². The molecule has 3 nitrogen and oxygen atoms in total. The molecule has 0 saturated carbocycles. The molecule has 0 fully saturated rings. The van der Waals surface area contributed by atoms with Crippen molar-refractivity contribution in [3.63, 3.8) is 0 Å². The molecule has 0 bridgehead atoms. The van der Waals surface area contributed by atoms with Gasteiger partial charge in [0.1, 0.15) is 0 Å². The lowest BCUT2D eigenvalue weighted by Crippen LogP contribution is -2.35. The summed E-state index contributed by atoms with van der Waals surface area (Å²) >= 11 is 0. The standard InChI is InChI=1S/C21H28N2O/c1-17-12-14-18(15-13-17)8-7-11-21(24)22-20(16-23(2)3)19-9-5-4-6-10-19/h4-6,9-10,12-15,20H,7-8,11,16H2,1-3H3,(H,22,24). The largest absolute Gasteiger partial charge is 0.348 e. The zero-order chi connectivity index (χ0) is 17.4. The monoisotopic (exact) mass is 324 g/mol. The minimum atomic E-state index is 0.0353. The third-order valence-corrected chi connectivity index (χ3v) is 4.07. The topological polar surface area (TPSA) is 32.3 Å². The number of carbonyl (C=O) groups is 1. The first-order valence-corrected chi connectivity index (χ1v) is 8.59. The van der Waals surface area contributed by atoms with Crippen LogP contribution in [0.2, 0.25) is 0 Å². The highest BCUT2D eigenvalue weighted by molar-refractivity contribution is 5.76. The van der Waals surface area contributed by atoms with E-state index in [1.165, 1.54) is 11.1 Å². The van der Waals surface area contributed by atoms with Gasteiger partial charge in [-0.05, 0) is 45.0 Å². The van der Waals surface area contributed by atoms with Gasteiger partial charge >= 0.3 is 0 Å². The highest BCUT2D eigenvalue weighted by Gasteiger charge is 2.15. The highest BCUT2D eigenvalue weighted by atomic mass is 16.1. The average molecular weight is 324 g/mol. The van der Waals surface area contributed by atoms with E-state index in [0.717, 1.165) is 24.9 Å². The van der Waals surface area contributed by atoms with Crippen LogP contribution in [0.15, 0.2) is 54.6 Å². The fraction of sp³-hybridized carbons (Fsp3) is 0.381. The van der Waals surface area contributed by atoms with Gasteiger partial charge in [0.2, 0.25) is 5.91 Å². The summed E-state index contributed by atoms with van der Waals surface area (Å²) in [6.07, 6.45) is 2.38. The summed E-state index contributed by atoms with van der Waals surface area (Å²) < 4.78 is 0. The molecule has 0 aromatic heterocycles. The maximum absolute atomic E-state index is 12.3. The number of nitrogens with one attached hydrogen (secondary N) is 1. The van der Waals surface area contributed by atoms with E-state index >= 15 is 0 Å². The van der Waals surface area contributed by atoms with Gasteiger partial charge in [0.15, 0.2) is 0 Å². The van der Waals surface area contributed by atoms with E-state index in [9.17, 15) is 4.79 Å². The fourth-order valence-electron chi connectivity index (χ4n) is 2.76. The fourth-order valence-corrected chi connectivity index (χ4v) is 2.76. The van der Waals surface area contributed by atoms with Crippen LogP contribution < -0.4 is 5.32 Å². The Morgan fingerprint density at radius 2 is 1.71 bits per heavy atom. The molecule has 0 spiro atoms. The summed E-state index contributed by atoms with van der Waals surface area (Å²) in [4.78, 5) is 14.4. The van der Waals surface area contributed by atoms with Crippen molar-refractivity contribution in [1.29, 1.82) is 0 Å². The minimum Gasteiger partial charge on any atom is -0.348 e. The van der Waals surface area contributed by atoms with Crippen molar-refractivity contribution in [3.8, 4) is 0 Å². The quantitative estimate of drug-likeness (QED) is 0.802. The van der Waals surface area contributed by atoms with Gasteiger partial charge in [0, 0.05) is 13.0 Å².